The second-order valence-corrected chi connectivity index (χ2v) is 5.67. The molecule has 0 spiro atoms. The average Bonchev–Trinajstić information content (AvgIpc) is 2.27. The fourth-order valence-electron chi connectivity index (χ4n) is 1.42. The molecule has 0 aliphatic heterocycles. The molecule has 0 bridgehead atoms. The van der Waals surface area contributed by atoms with Crippen molar-refractivity contribution in [1.29, 1.82) is 0 Å². The second-order valence-electron chi connectivity index (χ2n) is 5.67. The average molecular weight is 256 g/mol. The van der Waals surface area contributed by atoms with E-state index < -0.39 is 5.41 Å². The minimum absolute atomic E-state index is 0.0145. The lowest BCUT2D eigenvalue weighted by atomic mass is 9.96. The fraction of sp³-hybridized carbons (Fsp3) is 0.857. The highest BCUT2D eigenvalue weighted by Gasteiger charge is 2.20. The van der Waals surface area contributed by atoms with Crippen LogP contribution in [0, 0.1) is 5.41 Å². The first kappa shape index (κ1) is 16.9. The third-order valence-electron chi connectivity index (χ3n) is 2.67. The van der Waals surface area contributed by atoms with E-state index in [0.717, 1.165) is 19.4 Å². The first-order valence-electron chi connectivity index (χ1n) is 6.93. The molecule has 4 heteroatoms. The highest BCUT2D eigenvalue weighted by Crippen LogP contribution is 2.11. The van der Waals surface area contributed by atoms with Crippen molar-refractivity contribution in [2.75, 3.05) is 13.1 Å². The SMILES string of the molecule is CCCCCCNC(=O)CCNC(=O)C(C)(C)C. The van der Waals surface area contributed by atoms with Crippen LogP contribution in [0.1, 0.15) is 59.8 Å². The van der Waals surface area contributed by atoms with E-state index in [1.165, 1.54) is 12.8 Å². The Kier molecular flexibility index (Phi) is 8.42. The third kappa shape index (κ3) is 9.02. The van der Waals surface area contributed by atoms with Crippen LogP contribution in [0.3, 0.4) is 0 Å². The van der Waals surface area contributed by atoms with Gasteiger partial charge in [-0.15, -0.1) is 0 Å². The number of nitrogens with one attached hydrogen (secondary N) is 2. The summed E-state index contributed by atoms with van der Waals surface area (Å²) >= 11 is 0. The van der Waals surface area contributed by atoms with Crippen molar-refractivity contribution in [3.63, 3.8) is 0 Å². The Morgan fingerprint density at radius 2 is 1.61 bits per heavy atom. The monoisotopic (exact) mass is 256 g/mol. The van der Waals surface area contributed by atoms with E-state index in [1.54, 1.807) is 0 Å². The van der Waals surface area contributed by atoms with E-state index in [4.69, 9.17) is 0 Å². The molecular formula is C14H28N2O2. The van der Waals surface area contributed by atoms with Crippen molar-refractivity contribution < 1.29 is 9.59 Å². The summed E-state index contributed by atoms with van der Waals surface area (Å²) in [5.74, 6) is -0.000969. The topological polar surface area (TPSA) is 58.2 Å². The number of rotatable bonds is 8. The first-order chi connectivity index (χ1) is 8.38. The maximum absolute atomic E-state index is 11.5. The van der Waals surface area contributed by atoms with Crippen molar-refractivity contribution in [2.24, 2.45) is 5.41 Å². The molecule has 0 saturated carbocycles. The van der Waals surface area contributed by atoms with Crippen molar-refractivity contribution in [2.45, 2.75) is 59.8 Å². The van der Waals surface area contributed by atoms with Gasteiger partial charge in [0.1, 0.15) is 0 Å². The van der Waals surface area contributed by atoms with Gasteiger partial charge in [-0.1, -0.05) is 47.0 Å². The molecule has 18 heavy (non-hydrogen) atoms. The van der Waals surface area contributed by atoms with Gasteiger partial charge >= 0.3 is 0 Å². The van der Waals surface area contributed by atoms with Gasteiger partial charge in [-0.25, -0.2) is 0 Å². The lowest BCUT2D eigenvalue weighted by Crippen LogP contribution is -2.37. The minimum atomic E-state index is -0.392. The molecule has 0 aliphatic carbocycles. The standard InChI is InChI=1S/C14H28N2O2/c1-5-6-7-8-10-15-12(17)9-11-16-13(18)14(2,3)4/h5-11H2,1-4H3,(H,15,17)(H,16,18). The van der Waals surface area contributed by atoms with Crippen LogP contribution in [0.15, 0.2) is 0 Å². The largest absolute Gasteiger partial charge is 0.356 e. The lowest BCUT2D eigenvalue weighted by Gasteiger charge is -2.17. The summed E-state index contributed by atoms with van der Waals surface area (Å²) in [5.41, 5.74) is -0.392. The third-order valence-corrected chi connectivity index (χ3v) is 2.67. The number of amides is 2. The smallest absolute Gasteiger partial charge is 0.225 e. The Hall–Kier alpha value is -1.06. The van der Waals surface area contributed by atoms with E-state index in [9.17, 15) is 9.59 Å². The lowest BCUT2D eigenvalue weighted by molar-refractivity contribution is -0.128. The molecule has 0 aromatic rings. The summed E-state index contributed by atoms with van der Waals surface area (Å²) in [6.07, 6.45) is 4.98. The maximum atomic E-state index is 11.5. The van der Waals surface area contributed by atoms with Crippen LogP contribution in [-0.4, -0.2) is 24.9 Å². The van der Waals surface area contributed by atoms with Gasteiger partial charge in [-0.3, -0.25) is 9.59 Å². The molecule has 0 radical (unpaired) electrons. The molecular weight excluding hydrogens is 228 g/mol. The van der Waals surface area contributed by atoms with E-state index >= 15 is 0 Å². The Morgan fingerprint density at radius 3 is 2.17 bits per heavy atom. The van der Waals surface area contributed by atoms with Gasteiger partial charge in [-0.2, -0.15) is 0 Å². The molecule has 0 aliphatic rings. The van der Waals surface area contributed by atoms with Crippen LogP contribution >= 0.6 is 0 Å². The van der Waals surface area contributed by atoms with Crippen molar-refractivity contribution in [3.8, 4) is 0 Å². The number of carbonyl (C=O) groups is 2. The zero-order valence-electron chi connectivity index (χ0n) is 12.3. The Morgan fingerprint density at radius 1 is 0.944 bits per heavy atom. The molecule has 0 aromatic carbocycles. The number of carbonyl (C=O) groups excluding carboxylic acids is 2. The van der Waals surface area contributed by atoms with E-state index in [1.807, 2.05) is 20.8 Å². The summed E-state index contributed by atoms with van der Waals surface area (Å²) in [7, 11) is 0. The fourth-order valence-corrected chi connectivity index (χ4v) is 1.42. The van der Waals surface area contributed by atoms with Gasteiger partial charge in [0.25, 0.3) is 0 Å². The Labute approximate surface area is 111 Å². The number of unbranched alkanes of at least 4 members (excludes halogenated alkanes) is 3. The minimum Gasteiger partial charge on any atom is -0.356 e. The van der Waals surface area contributed by atoms with Crippen LogP contribution in [0.4, 0.5) is 0 Å². The predicted molar refractivity (Wildman–Crippen MR) is 74.2 cm³/mol. The highest BCUT2D eigenvalue weighted by molar-refractivity contribution is 5.82. The molecule has 106 valence electrons. The second kappa shape index (κ2) is 8.95. The van der Waals surface area contributed by atoms with Crippen LogP contribution in [0.5, 0.6) is 0 Å². The summed E-state index contributed by atoms with van der Waals surface area (Å²) in [6, 6.07) is 0. The summed E-state index contributed by atoms with van der Waals surface area (Å²) in [4.78, 5) is 23.0. The van der Waals surface area contributed by atoms with Crippen LogP contribution in [-0.2, 0) is 9.59 Å². The molecule has 0 rings (SSSR count). The van der Waals surface area contributed by atoms with E-state index in [-0.39, 0.29) is 11.8 Å². The molecule has 4 nitrogen and oxygen atoms in total. The predicted octanol–water partition coefficient (Wildman–Crippen LogP) is 2.24. The van der Waals surface area contributed by atoms with Gasteiger partial charge in [-0.05, 0) is 6.42 Å². The van der Waals surface area contributed by atoms with E-state index in [2.05, 4.69) is 17.6 Å². The first-order valence-corrected chi connectivity index (χ1v) is 6.93. The van der Waals surface area contributed by atoms with Gasteiger partial charge in [0, 0.05) is 24.9 Å². The van der Waals surface area contributed by atoms with Crippen LogP contribution in [0.25, 0.3) is 0 Å². The van der Waals surface area contributed by atoms with Crippen LogP contribution in [0.2, 0.25) is 0 Å². The molecule has 0 atom stereocenters. The summed E-state index contributed by atoms with van der Waals surface area (Å²) in [5, 5.41) is 5.63. The molecule has 0 aromatic heterocycles. The van der Waals surface area contributed by atoms with Crippen molar-refractivity contribution in [3.05, 3.63) is 0 Å². The van der Waals surface area contributed by atoms with E-state index in [0.29, 0.717) is 13.0 Å². The number of hydrogen-bond donors (Lipinski definition) is 2. The molecule has 2 N–H and O–H groups in total. The van der Waals surface area contributed by atoms with Crippen LogP contribution < -0.4 is 10.6 Å². The molecule has 2 amide bonds. The molecule has 0 unspecified atom stereocenters. The van der Waals surface area contributed by atoms with Crippen molar-refractivity contribution in [1.82, 2.24) is 10.6 Å². The highest BCUT2D eigenvalue weighted by atomic mass is 16.2. The number of hydrogen-bond acceptors (Lipinski definition) is 2. The Bertz CT molecular complexity index is 257. The summed E-state index contributed by atoms with van der Waals surface area (Å²) < 4.78 is 0. The van der Waals surface area contributed by atoms with Gasteiger partial charge in [0.15, 0.2) is 0 Å². The molecule has 0 saturated heterocycles. The van der Waals surface area contributed by atoms with Crippen molar-refractivity contribution >= 4 is 11.8 Å². The zero-order valence-corrected chi connectivity index (χ0v) is 12.3. The normalized spacial score (nSPS) is 11.1. The van der Waals surface area contributed by atoms with Gasteiger partial charge < -0.3 is 10.6 Å². The van der Waals surface area contributed by atoms with Gasteiger partial charge in [0.05, 0.1) is 0 Å². The molecule has 0 heterocycles. The van der Waals surface area contributed by atoms with Gasteiger partial charge in [0.2, 0.25) is 11.8 Å². The molecule has 0 fully saturated rings. The summed E-state index contributed by atoms with van der Waals surface area (Å²) in [6.45, 7) is 8.89. The maximum Gasteiger partial charge on any atom is 0.225 e. The Balaban J connectivity index is 3.51. The quantitative estimate of drug-likeness (QED) is 0.654. The zero-order chi connectivity index (χ0) is 14.0.